The summed E-state index contributed by atoms with van der Waals surface area (Å²) in [5.41, 5.74) is 5.34. The maximum Gasteiger partial charge on any atom is 0.225 e. The Morgan fingerprint density at radius 1 is 1.44 bits per heavy atom. The van der Waals surface area contributed by atoms with E-state index >= 15 is 0 Å². The first-order chi connectivity index (χ1) is 8.06. The largest absolute Gasteiger partial charge is 0.355 e. The molecule has 0 saturated carbocycles. The minimum absolute atomic E-state index is 0. The normalized spacial score (nSPS) is 19.3. The second-order valence-corrected chi connectivity index (χ2v) is 4.86. The number of carbonyl (C=O) groups is 2. The summed E-state index contributed by atoms with van der Waals surface area (Å²) in [6.07, 6.45) is 1.76. The lowest BCUT2D eigenvalue weighted by Crippen LogP contribution is -2.47. The Labute approximate surface area is 115 Å². The van der Waals surface area contributed by atoms with Gasteiger partial charge in [0.05, 0.1) is 5.92 Å². The average molecular weight is 278 g/mol. The van der Waals surface area contributed by atoms with E-state index in [2.05, 4.69) is 5.32 Å². The van der Waals surface area contributed by atoms with Gasteiger partial charge < -0.3 is 16.0 Å². The molecular formula is C12H24ClN3O2. The van der Waals surface area contributed by atoms with E-state index < -0.39 is 0 Å². The molecule has 0 aromatic rings. The van der Waals surface area contributed by atoms with Gasteiger partial charge in [0.15, 0.2) is 0 Å². The van der Waals surface area contributed by atoms with Crippen molar-refractivity contribution in [1.82, 2.24) is 10.2 Å². The van der Waals surface area contributed by atoms with Gasteiger partial charge >= 0.3 is 0 Å². The highest BCUT2D eigenvalue weighted by Crippen LogP contribution is 2.18. The second kappa shape index (κ2) is 8.32. The first-order valence-corrected chi connectivity index (χ1v) is 6.32. The Balaban J connectivity index is 0.00000289. The Hall–Kier alpha value is -0.810. The molecule has 2 amide bonds. The van der Waals surface area contributed by atoms with E-state index in [1.807, 2.05) is 13.8 Å². The molecule has 1 fully saturated rings. The summed E-state index contributed by atoms with van der Waals surface area (Å²) < 4.78 is 0. The van der Waals surface area contributed by atoms with E-state index in [-0.39, 0.29) is 36.1 Å². The van der Waals surface area contributed by atoms with Crippen molar-refractivity contribution < 1.29 is 9.59 Å². The van der Waals surface area contributed by atoms with Crippen LogP contribution in [0.4, 0.5) is 0 Å². The summed E-state index contributed by atoms with van der Waals surface area (Å²) in [5, 5.41) is 2.79. The number of nitrogens with one attached hydrogen (secondary N) is 1. The lowest BCUT2D eigenvalue weighted by atomic mass is 9.96. The van der Waals surface area contributed by atoms with Gasteiger partial charge in [0.2, 0.25) is 11.8 Å². The quantitative estimate of drug-likeness (QED) is 0.780. The molecule has 3 N–H and O–H groups in total. The van der Waals surface area contributed by atoms with Crippen LogP contribution in [-0.4, -0.2) is 42.9 Å². The number of hydrogen-bond acceptors (Lipinski definition) is 3. The molecule has 0 aliphatic carbocycles. The van der Waals surface area contributed by atoms with Crippen LogP contribution >= 0.6 is 12.4 Å². The van der Waals surface area contributed by atoms with Crippen LogP contribution in [0.2, 0.25) is 0 Å². The fourth-order valence-electron chi connectivity index (χ4n) is 2.10. The van der Waals surface area contributed by atoms with E-state index in [1.54, 1.807) is 4.90 Å². The summed E-state index contributed by atoms with van der Waals surface area (Å²) in [5.74, 6) is 0.0943. The maximum absolute atomic E-state index is 11.9. The molecule has 0 aromatic carbocycles. The van der Waals surface area contributed by atoms with Crippen LogP contribution in [0.5, 0.6) is 0 Å². The van der Waals surface area contributed by atoms with Gasteiger partial charge in [-0.2, -0.15) is 0 Å². The predicted octanol–water partition coefficient (Wildman–Crippen LogP) is 0.378. The molecule has 0 aromatic heterocycles. The Morgan fingerprint density at radius 2 is 2.11 bits per heavy atom. The fourth-order valence-corrected chi connectivity index (χ4v) is 2.10. The maximum atomic E-state index is 11.9. The molecule has 5 nitrogen and oxygen atoms in total. The van der Waals surface area contributed by atoms with Gasteiger partial charge in [-0.25, -0.2) is 0 Å². The predicted molar refractivity (Wildman–Crippen MR) is 73.5 cm³/mol. The van der Waals surface area contributed by atoms with Crippen LogP contribution in [0.3, 0.4) is 0 Å². The molecule has 1 aliphatic heterocycles. The number of amides is 2. The second-order valence-electron chi connectivity index (χ2n) is 4.86. The number of piperidine rings is 1. The number of nitrogens with zero attached hydrogens (tertiary/aromatic N) is 1. The highest BCUT2D eigenvalue weighted by atomic mass is 35.5. The van der Waals surface area contributed by atoms with Gasteiger partial charge in [0.1, 0.15) is 0 Å². The van der Waals surface area contributed by atoms with Crippen LogP contribution in [0, 0.1) is 11.8 Å². The van der Waals surface area contributed by atoms with Gasteiger partial charge in [-0.15, -0.1) is 12.4 Å². The van der Waals surface area contributed by atoms with Gasteiger partial charge in [0, 0.05) is 32.1 Å². The molecule has 1 aliphatic rings. The van der Waals surface area contributed by atoms with Crippen LogP contribution in [0.25, 0.3) is 0 Å². The van der Waals surface area contributed by atoms with E-state index in [0.29, 0.717) is 19.6 Å². The topological polar surface area (TPSA) is 75.4 Å². The monoisotopic (exact) mass is 277 g/mol. The molecule has 1 rings (SSSR count). The third-order valence-corrected chi connectivity index (χ3v) is 3.04. The molecule has 18 heavy (non-hydrogen) atoms. The molecule has 0 bridgehead atoms. The van der Waals surface area contributed by atoms with Gasteiger partial charge in [0.25, 0.3) is 0 Å². The molecule has 1 heterocycles. The Bertz CT molecular complexity index is 284. The molecule has 6 heteroatoms. The van der Waals surface area contributed by atoms with E-state index in [9.17, 15) is 9.59 Å². The lowest BCUT2D eigenvalue weighted by molar-refractivity contribution is -0.138. The summed E-state index contributed by atoms with van der Waals surface area (Å²) in [7, 11) is 0. The molecule has 1 atom stereocenters. The van der Waals surface area contributed by atoms with Crippen molar-refractivity contribution in [3.63, 3.8) is 0 Å². The minimum atomic E-state index is -0.0713. The number of hydrogen-bond donors (Lipinski definition) is 2. The number of nitrogens with two attached hydrogens (primary N) is 1. The highest BCUT2D eigenvalue weighted by Gasteiger charge is 2.28. The molecule has 106 valence electrons. The number of rotatable bonds is 4. The van der Waals surface area contributed by atoms with Crippen LogP contribution < -0.4 is 11.1 Å². The average Bonchev–Trinajstić information content (AvgIpc) is 2.35. The Kier molecular flexibility index (Phi) is 7.95. The molecule has 1 saturated heterocycles. The van der Waals surface area contributed by atoms with Crippen LogP contribution in [-0.2, 0) is 9.59 Å². The van der Waals surface area contributed by atoms with Crippen LogP contribution in [0.1, 0.15) is 26.7 Å². The van der Waals surface area contributed by atoms with Crippen molar-refractivity contribution in [2.75, 3.05) is 26.2 Å². The standard InChI is InChI=1S/C12H23N3O2.ClH/c1-9(2)12(17)15-7-3-4-10(8-15)11(16)14-6-5-13;/h9-10H,3-8,13H2,1-2H3,(H,14,16);1H. The van der Waals surface area contributed by atoms with Crippen molar-refractivity contribution in [3.05, 3.63) is 0 Å². The van der Waals surface area contributed by atoms with Crippen molar-refractivity contribution in [1.29, 1.82) is 0 Å². The number of likely N-dealkylation sites (tertiary alicyclic amines) is 1. The van der Waals surface area contributed by atoms with Gasteiger partial charge in [-0.05, 0) is 12.8 Å². The van der Waals surface area contributed by atoms with Gasteiger partial charge in [-0.1, -0.05) is 13.8 Å². The summed E-state index contributed by atoms with van der Waals surface area (Å²) in [6, 6.07) is 0. The van der Waals surface area contributed by atoms with Crippen molar-refractivity contribution >= 4 is 24.2 Å². The highest BCUT2D eigenvalue weighted by molar-refractivity contribution is 5.85. The summed E-state index contributed by atoms with van der Waals surface area (Å²) >= 11 is 0. The fraction of sp³-hybridized carbons (Fsp3) is 0.833. The SMILES string of the molecule is CC(C)C(=O)N1CCCC(C(=O)NCCN)C1.Cl. The van der Waals surface area contributed by atoms with Crippen LogP contribution in [0.15, 0.2) is 0 Å². The first-order valence-electron chi connectivity index (χ1n) is 6.32. The van der Waals surface area contributed by atoms with E-state index in [1.165, 1.54) is 0 Å². The van der Waals surface area contributed by atoms with Crippen molar-refractivity contribution in [2.24, 2.45) is 17.6 Å². The molecule has 0 radical (unpaired) electrons. The summed E-state index contributed by atoms with van der Waals surface area (Å²) in [6.45, 7) is 6.06. The third kappa shape index (κ3) is 4.82. The molecular weight excluding hydrogens is 254 g/mol. The molecule has 0 spiro atoms. The zero-order valence-corrected chi connectivity index (χ0v) is 12.0. The Morgan fingerprint density at radius 3 is 2.67 bits per heavy atom. The molecule has 1 unspecified atom stereocenters. The number of carbonyl (C=O) groups excluding carboxylic acids is 2. The first kappa shape index (κ1) is 17.2. The zero-order chi connectivity index (χ0) is 12.8. The van der Waals surface area contributed by atoms with Gasteiger partial charge in [-0.3, -0.25) is 9.59 Å². The third-order valence-electron chi connectivity index (χ3n) is 3.04. The number of halogens is 1. The minimum Gasteiger partial charge on any atom is -0.355 e. The zero-order valence-electron chi connectivity index (χ0n) is 11.1. The van der Waals surface area contributed by atoms with E-state index in [0.717, 1.165) is 19.4 Å². The summed E-state index contributed by atoms with van der Waals surface area (Å²) in [4.78, 5) is 25.5. The van der Waals surface area contributed by atoms with Crippen molar-refractivity contribution in [2.45, 2.75) is 26.7 Å². The smallest absolute Gasteiger partial charge is 0.225 e. The van der Waals surface area contributed by atoms with Crippen molar-refractivity contribution in [3.8, 4) is 0 Å². The van der Waals surface area contributed by atoms with E-state index in [4.69, 9.17) is 5.73 Å². The lowest BCUT2D eigenvalue weighted by Gasteiger charge is -2.33.